The number of nitrogens with zero attached hydrogens (tertiary/aromatic N) is 2. The van der Waals surface area contributed by atoms with Gasteiger partial charge in [0, 0.05) is 56.4 Å². The highest BCUT2D eigenvalue weighted by molar-refractivity contribution is 6.00. The van der Waals surface area contributed by atoms with Gasteiger partial charge >= 0.3 is 11.9 Å². The average Bonchev–Trinajstić information content (AvgIpc) is 3.66. The molecule has 0 aromatic heterocycles. The number of carboxylic acid groups (broad SMARTS) is 1. The van der Waals surface area contributed by atoms with Crippen LogP contribution in [0.4, 0.5) is 0 Å². The van der Waals surface area contributed by atoms with Gasteiger partial charge in [0.15, 0.2) is 5.78 Å². The zero-order valence-electron chi connectivity index (χ0n) is 37.0. The molecule has 7 aliphatic rings. The summed E-state index contributed by atoms with van der Waals surface area (Å²) in [5.41, 5.74) is 0.446. The second-order valence-electron chi connectivity index (χ2n) is 22.6. The molecule has 0 bridgehead atoms. The lowest BCUT2D eigenvalue weighted by Crippen LogP contribution is -2.66. The van der Waals surface area contributed by atoms with Crippen LogP contribution in [0.5, 0.6) is 0 Å². The van der Waals surface area contributed by atoms with Crippen LogP contribution in [-0.2, 0) is 23.9 Å². The summed E-state index contributed by atoms with van der Waals surface area (Å²) in [4.78, 5) is 56.3. The Labute approximate surface area is 343 Å². The van der Waals surface area contributed by atoms with E-state index in [1.165, 1.54) is 24.8 Å². The summed E-state index contributed by atoms with van der Waals surface area (Å²) in [6, 6.07) is 0. The van der Waals surface area contributed by atoms with Crippen molar-refractivity contribution in [1.29, 1.82) is 0 Å². The van der Waals surface area contributed by atoms with Gasteiger partial charge in [0.2, 0.25) is 5.91 Å². The summed E-state index contributed by atoms with van der Waals surface area (Å²) in [5.74, 6) is 0.940. The first-order valence-electron chi connectivity index (χ1n) is 23.0. The minimum Gasteiger partial charge on any atom is -0.481 e. The number of hydrogen-bond donors (Lipinski definition) is 2. The molecule has 5 saturated carbocycles. The van der Waals surface area contributed by atoms with E-state index in [2.05, 4.69) is 53.4 Å². The van der Waals surface area contributed by atoms with Gasteiger partial charge in [-0.3, -0.25) is 24.1 Å². The Kier molecular flexibility index (Phi) is 11.3. The lowest BCUT2D eigenvalue weighted by atomic mass is 9.33. The fourth-order valence-electron chi connectivity index (χ4n) is 14.8. The number of allylic oxidation sites excluding steroid dienone is 1. The number of aliphatic hydroxyl groups is 1. The SMILES string of the molecule is CC(C)C1=C2C3CC[C@@H]4[C@@]5(C)CC[C@H](OC(=O)CC(C)(C)C(=O)O)C(C)(C)[C@@H]5CC[C@@]4(C)[C@]3(C)CCC2([C@@H](O)CN(CCN2CCCC2=O)CC2CCC2)CC1=O. The first kappa shape index (κ1) is 42.8. The van der Waals surface area contributed by atoms with Gasteiger partial charge < -0.3 is 19.8 Å². The Bertz CT molecular complexity index is 1650. The molecule has 1 saturated heterocycles. The highest BCUT2D eigenvalue weighted by atomic mass is 16.5. The molecule has 9 heteroatoms. The van der Waals surface area contributed by atoms with Crippen molar-refractivity contribution in [3.05, 3.63) is 11.1 Å². The molecule has 57 heavy (non-hydrogen) atoms. The van der Waals surface area contributed by atoms with Crippen LogP contribution in [0.25, 0.3) is 0 Å². The molecule has 320 valence electrons. The van der Waals surface area contributed by atoms with Crippen molar-refractivity contribution in [2.75, 3.05) is 32.7 Å². The van der Waals surface area contributed by atoms with Crippen LogP contribution in [0.1, 0.15) is 159 Å². The van der Waals surface area contributed by atoms with Gasteiger partial charge in [-0.15, -0.1) is 0 Å². The standard InChI is InChI=1S/C48H76N2O7/c1-30(2)40-33(51)26-48(36(52)29-49(28-31-12-10-13-31)24-25-50-23-11-14-38(50)53)22-21-46(8)32(41(40)48)15-16-35-45(7)19-18-37(57-39(54)27-43(3,4)42(55)56)44(5,6)34(45)17-20-47(35,46)9/h30-32,34-37,52H,10-29H2,1-9H3,(H,55,56)/t32?,34-,35+,36-,37-,45-,46+,47+,48?/m0/s1. The van der Waals surface area contributed by atoms with Crippen molar-refractivity contribution >= 4 is 23.6 Å². The summed E-state index contributed by atoms with van der Waals surface area (Å²) in [5, 5.41) is 22.3. The predicted molar refractivity (Wildman–Crippen MR) is 221 cm³/mol. The summed E-state index contributed by atoms with van der Waals surface area (Å²) >= 11 is 0. The van der Waals surface area contributed by atoms with E-state index in [1.54, 1.807) is 13.8 Å². The molecule has 9 nitrogen and oxygen atoms in total. The van der Waals surface area contributed by atoms with Crippen molar-refractivity contribution in [3.63, 3.8) is 0 Å². The third-order valence-corrected chi connectivity index (χ3v) is 18.5. The van der Waals surface area contributed by atoms with Crippen molar-refractivity contribution in [1.82, 2.24) is 9.80 Å². The second kappa shape index (κ2) is 15.0. The number of likely N-dealkylation sites (tertiary alicyclic amines) is 1. The average molecular weight is 793 g/mol. The van der Waals surface area contributed by atoms with E-state index in [9.17, 15) is 29.4 Å². The number of aliphatic carboxylic acids is 1. The summed E-state index contributed by atoms with van der Waals surface area (Å²) in [6.45, 7) is 23.6. The Morgan fingerprint density at radius 2 is 1.63 bits per heavy atom. The minimum atomic E-state index is -1.17. The first-order chi connectivity index (χ1) is 26.6. The van der Waals surface area contributed by atoms with Crippen LogP contribution in [-0.4, -0.2) is 88.6 Å². The number of aliphatic hydroxyl groups excluding tert-OH is 1. The molecule has 6 fully saturated rings. The van der Waals surface area contributed by atoms with Crippen LogP contribution >= 0.6 is 0 Å². The number of rotatable bonds is 13. The highest BCUT2D eigenvalue weighted by Crippen LogP contribution is 2.77. The molecular weight excluding hydrogens is 717 g/mol. The van der Waals surface area contributed by atoms with E-state index >= 15 is 0 Å². The fourth-order valence-corrected chi connectivity index (χ4v) is 14.8. The Balaban J connectivity index is 1.14. The van der Waals surface area contributed by atoms with Crippen LogP contribution in [0, 0.1) is 62.1 Å². The van der Waals surface area contributed by atoms with E-state index in [0.717, 1.165) is 83.0 Å². The number of amides is 1. The van der Waals surface area contributed by atoms with Crippen LogP contribution in [0.3, 0.4) is 0 Å². The maximum atomic E-state index is 14.3. The second-order valence-corrected chi connectivity index (χ2v) is 22.6. The number of hydrogen-bond acceptors (Lipinski definition) is 7. The number of carbonyl (C=O) groups excluding carboxylic acids is 3. The van der Waals surface area contributed by atoms with Gasteiger partial charge in [0.1, 0.15) is 6.10 Å². The Morgan fingerprint density at radius 1 is 0.912 bits per heavy atom. The third kappa shape index (κ3) is 6.96. The number of esters is 1. The summed E-state index contributed by atoms with van der Waals surface area (Å²) in [7, 11) is 0. The van der Waals surface area contributed by atoms with Crippen molar-refractivity contribution in [2.45, 2.75) is 171 Å². The molecule has 0 spiro atoms. The zero-order valence-corrected chi connectivity index (χ0v) is 37.0. The normalized spacial score (nSPS) is 38.4. The quantitative estimate of drug-likeness (QED) is 0.178. The topological polar surface area (TPSA) is 124 Å². The number of carbonyl (C=O) groups is 4. The molecule has 9 atom stereocenters. The molecule has 0 aromatic rings. The van der Waals surface area contributed by atoms with Gasteiger partial charge in [-0.2, -0.15) is 0 Å². The van der Waals surface area contributed by atoms with Crippen LogP contribution in [0.15, 0.2) is 11.1 Å². The molecule has 1 heterocycles. The Morgan fingerprint density at radius 3 is 2.25 bits per heavy atom. The Hall–Kier alpha value is -2.26. The first-order valence-corrected chi connectivity index (χ1v) is 23.0. The monoisotopic (exact) mass is 793 g/mol. The zero-order chi connectivity index (χ0) is 41.5. The number of Topliss-reactive ketones (excluding diaryl/α,β-unsaturated/α-hetero) is 1. The third-order valence-electron chi connectivity index (χ3n) is 18.5. The van der Waals surface area contributed by atoms with Gasteiger partial charge in [-0.25, -0.2) is 0 Å². The largest absolute Gasteiger partial charge is 0.481 e. The number of ether oxygens (including phenoxy) is 1. The number of carboxylic acids is 1. The molecule has 7 rings (SSSR count). The highest BCUT2D eigenvalue weighted by Gasteiger charge is 2.71. The van der Waals surface area contributed by atoms with Crippen molar-refractivity contribution < 1.29 is 34.1 Å². The van der Waals surface area contributed by atoms with Crippen molar-refractivity contribution in [3.8, 4) is 0 Å². The molecular formula is C48H76N2O7. The molecule has 1 amide bonds. The molecule has 0 aromatic carbocycles. The number of fused-ring (bicyclic) bond motifs is 7. The molecule has 0 radical (unpaired) electrons. The number of ketones is 1. The molecule has 6 aliphatic carbocycles. The summed E-state index contributed by atoms with van der Waals surface area (Å²) in [6.07, 6.45) is 12.5. The molecule has 2 unspecified atom stereocenters. The van der Waals surface area contributed by atoms with Gasteiger partial charge in [0.25, 0.3) is 0 Å². The van der Waals surface area contributed by atoms with E-state index < -0.39 is 28.9 Å². The minimum absolute atomic E-state index is 0.0230. The maximum Gasteiger partial charge on any atom is 0.309 e. The smallest absolute Gasteiger partial charge is 0.309 e. The molecule has 1 aliphatic heterocycles. The predicted octanol–water partition coefficient (Wildman–Crippen LogP) is 8.47. The lowest BCUT2D eigenvalue weighted by molar-refractivity contribution is -0.235. The van der Waals surface area contributed by atoms with Crippen LogP contribution < -0.4 is 0 Å². The van der Waals surface area contributed by atoms with E-state index in [-0.39, 0.29) is 57.7 Å². The van der Waals surface area contributed by atoms with Gasteiger partial charge in [-0.05, 0) is 136 Å². The maximum absolute atomic E-state index is 14.3. The van der Waals surface area contributed by atoms with Gasteiger partial charge in [0.05, 0.1) is 17.9 Å². The van der Waals surface area contributed by atoms with E-state index in [4.69, 9.17) is 4.74 Å². The molecule has 2 N–H and O–H groups in total. The van der Waals surface area contributed by atoms with E-state index in [1.807, 2.05) is 4.90 Å². The van der Waals surface area contributed by atoms with E-state index in [0.29, 0.717) is 43.7 Å². The fraction of sp³-hybridized carbons (Fsp3) is 0.875. The lowest BCUT2D eigenvalue weighted by Gasteiger charge is -2.72. The summed E-state index contributed by atoms with van der Waals surface area (Å²) < 4.78 is 6.20. The van der Waals surface area contributed by atoms with Crippen LogP contribution in [0.2, 0.25) is 0 Å². The van der Waals surface area contributed by atoms with Crippen molar-refractivity contribution in [2.24, 2.45) is 62.1 Å². The van der Waals surface area contributed by atoms with Gasteiger partial charge in [-0.1, -0.05) is 60.5 Å².